The van der Waals surface area contributed by atoms with E-state index in [2.05, 4.69) is 29.8 Å². The molecular formula is C20H19F3N6O3. The lowest BCUT2D eigenvalue weighted by Gasteiger charge is -2.21. The summed E-state index contributed by atoms with van der Waals surface area (Å²) < 4.78 is 36.9. The quantitative estimate of drug-likeness (QED) is 0.646. The van der Waals surface area contributed by atoms with Crippen LogP contribution in [0.15, 0.2) is 43.2 Å². The van der Waals surface area contributed by atoms with Gasteiger partial charge in [0, 0.05) is 54.8 Å². The van der Waals surface area contributed by atoms with Gasteiger partial charge in [-0.05, 0) is 18.6 Å². The Morgan fingerprint density at radius 1 is 1.06 bits per heavy atom. The number of carboxylic acid groups (broad SMARTS) is 1. The average molecular weight is 448 g/mol. The molecule has 32 heavy (non-hydrogen) atoms. The number of anilines is 1. The van der Waals surface area contributed by atoms with Gasteiger partial charge < -0.3 is 14.7 Å². The number of hydrogen-bond acceptors (Lipinski definition) is 8. The van der Waals surface area contributed by atoms with Crippen molar-refractivity contribution < 1.29 is 27.8 Å². The second-order valence-electron chi connectivity index (χ2n) is 6.59. The zero-order valence-corrected chi connectivity index (χ0v) is 17.0. The summed E-state index contributed by atoms with van der Waals surface area (Å²) in [7, 11) is 1.61. The van der Waals surface area contributed by atoms with E-state index >= 15 is 0 Å². The second-order valence-corrected chi connectivity index (χ2v) is 6.59. The molecule has 9 nitrogen and oxygen atoms in total. The minimum absolute atomic E-state index is 0.573. The summed E-state index contributed by atoms with van der Waals surface area (Å²) in [6.45, 7) is 1.69. The Balaban J connectivity index is 0.000000360. The van der Waals surface area contributed by atoms with Gasteiger partial charge in [0.2, 0.25) is 5.88 Å². The number of methoxy groups -OCH3 is 1. The van der Waals surface area contributed by atoms with E-state index in [1.54, 1.807) is 25.8 Å². The van der Waals surface area contributed by atoms with Gasteiger partial charge in [-0.2, -0.15) is 13.2 Å². The molecular weight excluding hydrogens is 429 g/mol. The standard InChI is InChI=1S/C18H18N6O.C2HF3O2/c1-25-17-10-16(21-12-22-17)24-8-4-14-15(5-9-24)20-11-23-18(14)13-2-6-19-7-3-13;3-2(4,5)1(6)7/h2-3,6-7,10-12H,4-5,8-9H2,1H3;(H,6,7). The van der Waals surface area contributed by atoms with Gasteiger partial charge in [-0.1, -0.05) is 0 Å². The number of carboxylic acids is 1. The van der Waals surface area contributed by atoms with Crippen molar-refractivity contribution in [2.24, 2.45) is 0 Å². The summed E-state index contributed by atoms with van der Waals surface area (Å²) in [5, 5.41) is 7.12. The highest BCUT2D eigenvalue weighted by molar-refractivity contribution is 5.73. The summed E-state index contributed by atoms with van der Waals surface area (Å²) in [6.07, 6.45) is 3.40. The van der Waals surface area contributed by atoms with E-state index in [0.29, 0.717) is 5.88 Å². The SMILES string of the molecule is COc1cc(N2CCc3ncnc(-c4ccncc4)c3CC2)ncn1.O=C(O)C(F)(F)F. The van der Waals surface area contributed by atoms with Crippen LogP contribution in [0, 0.1) is 0 Å². The third kappa shape index (κ3) is 5.65. The van der Waals surface area contributed by atoms with Crippen molar-refractivity contribution in [2.75, 3.05) is 25.1 Å². The lowest BCUT2D eigenvalue weighted by Crippen LogP contribution is -2.27. The number of aromatic nitrogens is 5. The van der Waals surface area contributed by atoms with Crippen molar-refractivity contribution >= 4 is 11.8 Å². The molecule has 4 heterocycles. The van der Waals surface area contributed by atoms with E-state index in [4.69, 9.17) is 14.6 Å². The maximum absolute atomic E-state index is 10.6. The van der Waals surface area contributed by atoms with Crippen LogP contribution in [-0.2, 0) is 17.6 Å². The van der Waals surface area contributed by atoms with Gasteiger partial charge in [0.1, 0.15) is 18.5 Å². The lowest BCUT2D eigenvalue weighted by atomic mass is 10.0. The van der Waals surface area contributed by atoms with Gasteiger partial charge in [0.15, 0.2) is 0 Å². The Hall–Kier alpha value is -3.83. The molecule has 0 spiro atoms. The molecule has 3 aromatic rings. The van der Waals surface area contributed by atoms with E-state index in [9.17, 15) is 13.2 Å². The van der Waals surface area contributed by atoms with Crippen LogP contribution in [0.3, 0.4) is 0 Å². The fraction of sp³-hybridized carbons (Fsp3) is 0.300. The maximum Gasteiger partial charge on any atom is 0.490 e. The highest BCUT2D eigenvalue weighted by Crippen LogP contribution is 2.27. The van der Waals surface area contributed by atoms with Crippen molar-refractivity contribution in [2.45, 2.75) is 19.0 Å². The highest BCUT2D eigenvalue weighted by atomic mass is 19.4. The Kier molecular flexibility index (Phi) is 7.13. The maximum atomic E-state index is 10.6. The van der Waals surface area contributed by atoms with E-state index in [0.717, 1.165) is 48.7 Å². The van der Waals surface area contributed by atoms with E-state index in [1.165, 1.54) is 11.9 Å². The lowest BCUT2D eigenvalue weighted by molar-refractivity contribution is -0.192. The molecule has 168 valence electrons. The van der Waals surface area contributed by atoms with Gasteiger partial charge in [0.25, 0.3) is 0 Å². The van der Waals surface area contributed by atoms with E-state index in [1.807, 2.05) is 18.2 Å². The molecule has 0 fully saturated rings. The molecule has 12 heteroatoms. The highest BCUT2D eigenvalue weighted by Gasteiger charge is 2.38. The number of nitrogens with zero attached hydrogens (tertiary/aromatic N) is 6. The first kappa shape index (κ1) is 22.8. The molecule has 1 N–H and O–H groups in total. The third-order valence-electron chi connectivity index (χ3n) is 4.64. The minimum Gasteiger partial charge on any atom is -0.481 e. The molecule has 0 saturated carbocycles. The van der Waals surface area contributed by atoms with E-state index < -0.39 is 12.1 Å². The molecule has 3 aromatic heterocycles. The molecule has 0 aliphatic carbocycles. The number of hydrogen-bond donors (Lipinski definition) is 1. The van der Waals surface area contributed by atoms with Crippen LogP contribution in [0.5, 0.6) is 5.88 Å². The fourth-order valence-corrected chi connectivity index (χ4v) is 3.13. The largest absolute Gasteiger partial charge is 0.490 e. The smallest absolute Gasteiger partial charge is 0.481 e. The molecule has 4 rings (SSSR count). The van der Waals surface area contributed by atoms with Crippen LogP contribution in [0.4, 0.5) is 19.0 Å². The number of pyridine rings is 1. The second kappa shape index (κ2) is 9.98. The van der Waals surface area contributed by atoms with Crippen LogP contribution in [0.1, 0.15) is 11.3 Å². The Morgan fingerprint density at radius 2 is 1.72 bits per heavy atom. The summed E-state index contributed by atoms with van der Waals surface area (Å²) in [6, 6.07) is 5.84. The van der Waals surface area contributed by atoms with Gasteiger partial charge in [0.05, 0.1) is 12.8 Å². The Morgan fingerprint density at radius 3 is 2.38 bits per heavy atom. The first-order valence-electron chi connectivity index (χ1n) is 9.44. The van der Waals surface area contributed by atoms with Crippen molar-refractivity contribution in [1.29, 1.82) is 0 Å². The molecule has 0 saturated heterocycles. The van der Waals surface area contributed by atoms with Crippen molar-refractivity contribution in [3.8, 4) is 17.1 Å². The van der Waals surface area contributed by atoms with Crippen molar-refractivity contribution in [1.82, 2.24) is 24.9 Å². The zero-order chi connectivity index (χ0) is 23.1. The van der Waals surface area contributed by atoms with Gasteiger partial charge in [-0.25, -0.2) is 24.7 Å². The summed E-state index contributed by atoms with van der Waals surface area (Å²) >= 11 is 0. The van der Waals surface area contributed by atoms with Crippen LogP contribution in [-0.4, -0.2) is 62.4 Å². The van der Waals surface area contributed by atoms with Gasteiger partial charge in [-0.3, -0.25) is 4.98 Å². The fourth-order valence-electron chi connectivity index (χ4n) is 3.13. The third-order valence-corrected chi connectivity index (χ3v) is 4.64. The molecule has 1 aliphatic heterocycles. The summed E-state index contributed by atoms with van der Waals surface area (Å²) in [5.74, 6) is -1.31. The number of aliphatic carboxylic acids is 1. The number of carbonyl (C=O) groups is 1. The normalized spacial score (nSPS) is 13.3. The van der Waals surface area contributed by atoms with Crippen LogP contribution in [0.2, 0.25) is 0 Å². The Labute approximate surface area is 181 Å². The predicted molar refractivity (Wildman–Crippen MR) is 107 cm³/mol. The van der Waals surface area contributed by atoms with Gasteiger partial charge >= 0.3 is 12.1 Å². The van der Waals surface area contributed by atoms with Crippen molar-refractivity contribution in [3.63, 3.8) is 0 Å². The minimum atomic E-state index is -5.08. The molecule has 0 amide bonds. The number of fused-ring (bicyclic) bond motifs is 1. The molecule has 0 unspecified atom stereocenters. The van der Waals surface area contributed by atoms with E-state index in [-0.39, 0.29) is 0 Å². The molecule has 0 aromatic carbocycles. The summed E-state index contributed by atoms with van der Waals surface area (Å²) in [5.41, 5.74) is 4.38. The number of alkyl halides is 3. The van der Waals surface area contributed by atoms with Gasteiger partial charge in [-0.15, -0.1) is 0 Å². The average Bonchev–Trinajstić information content (AvgIpc) is 3.02. The van der Waals surface area contributed by atoms with Crippen LogP contribution < -0.4 is 9.64 Å². The number of ether oxygens (including phenoxy) is 1. The summed E-state index contributed by atoms with van der Waals surface area (Å²) in [4.78, 5) is 32.7. The van der Waals surface area contributed by atoms with Crippen LogP contribution >= 0.6 is 0 Å². The molecule has 0 atom stereocenters. The monoisotopic (exact) mass is 448 g/mol. The predicted octanol–water partition coefficient (Wildman–Crippen LogP) is 2.58. The molecule has 0 radical (unpaired) electrons. The molecule has 0 bridgehead atoms. The first-order chi connectivity index (χ1) is 15.3. The topological polar surface area (TPSA) is 114 Å². The number of halogens is 3. The van der Waals surface area contributed by atoms with Crippen molar-refractivity contribution in [3.05, 3.63) is 54.5 Å². The number of rotatable bonds is 3. The van der Waals surface area contributed by atoms with Crippen LogP contribution in [0.25, 0.3) is 11.3 Å². The first-order valence-corrected chi connectivity index (χ1v) is 9.44. The Bertz CT molecular complexity index is 1070. The molecule has 1 aliphatic rings. The zero-order valence-electron chi connectivity index (χ0n) is 17.0.